The van der Waals surface area contributed by atoms with Gasteiger partial charge in [-0.3, -0.25) is 13.9 Å². The van der Waals surface area contributed by atoms with Crippen LogP contribution in [-0.2, 0) is 19.5 Å². The first kappa shape index (κ1) is 16.0. The smallest absolute Gasteiger partial charge is 0.331 e. The molecule has 3 rings (SSSR count). The summed E-state index contributed by atoms with van der Waals surface area (Å²) in [5.41, 5.74) is -0.637. The fraction of sp³-hybridized carbons (Fsp3) is 0.353. The number of rotatable bonds is 5. The number of nitrogens with zero attached hydrogens (tertiary/aromatic N) is 3. The number of benzene rings is 1. The van der Waals surface area contributed by atoms with Gasteiger partial charge in [0.05, 0.1) is 6.54 Å². The van der Waals surface area contributed by atoms with E-state index >= 15 is 0 Å². The standard InChI is InChI=1S/C17H17N3O4/c18-9-14-15-7-4-8-19(15)17(23)20(16(14)22)10-12(21)11-24-13-5-2-1-3-6-13/h1-3,5-6,12,21H,4,7-8,10-11H2. The van der Waals surface area contributed by atoms with E-state index in [2.05, 4.69) is 0 Å². The maximum Gasteiger partial charge on any atom is 0.331 e. The van der Waals surface area contributed by atoms with Crippen molar-refractivity contribution < 1.29 is 9.84 Å². The Labute approximate surface area is 138 Å². The van der Waals surface area contributed by atoms with Crippen LogP contribution in [0.15, 0.2) is 39.9 Å². The number of hydrogen-bond acceptors (Lipinski definition) is 5. The molecule has 0 fully saturated rings. The van der Waals surface area contributed by atoms with Crippen LogP contribution in [-0.4, -0.2) is 27.0 Å². The lowest BCUT2D eigenvalue weighted by Gasteiger charge is -2.15. The van der Waals surface area contributed by atoms with E-state index < -0.39 is 17.4 Å². The van der Waals surface area contributed by atoms with Gasteiger partial charge >= 0.3 is 5.69 Å². The van der Waals surface area contributed by atoms with Gasteiger partial charge in [-0.05, 0) is 25.0 Å². The molecular formula is C17H17N3O4. The predicted molar refractivity (Wildman–Crippen MR) is 85.9 cm³/mol. The van der Waals surface area contributed by atoms with Crippen molar-refractivity contribution in [1.29, 1.82) is 5.26 Å². The first-order chi connectivity index (χ1) is 11.6. The molecule has 124 valence electrons. The van der Waals surface area contributed by atoms with Crippen LogP contribution in [0.4, 0.5) is 0 Å². The highest BCUT2D eigenvalue weighted by Gasteiger charge is 2.23. The molecule has 7 heteroatoms. The SMILES string of the molecule is N#Cc1c2n(c(=O)n(CC(O)COc3ccccc3)c1=O)CCC2. The highest BCUT2D eigenvalue weighted by Crippen LogP contribution is 2.13. The topological polar surface area (TPSA) is 97.2 Å². The Balaban J connectivity index is 1.82. The summed E-state index contributed by atoms with van der Waals surface area (Å²) in [5.74, 6) is 0.590. The highest BCUT2D eigenvalue weighted by molar-refractivity contribution is 5.32. The number of fused-ring (bicyclic) bond motifs is 1. The van der Waals surface area contributed by atoms with Gasteiger partial charge in [-0.2, -0.15) is 5.26 Å². The van der Waals surface area contributed by atoms with Crippen molar-refractivity contribution in [2.24, 2.45) is 0 Å². The van der Waals surface area contributed by atoms with Crippen molar-refractivity contribution in [3.05, 3.63) is 62.4 Å². The number of aliphatic hydroxyl groups excluding tert-OH is 1. The molecule has 1 unspecified atom stereocenters. The van der Waals surface area contributed by atoms with E-state index in [0.29, 0.717) is 24.4 Å². The average Bonchev–Trinajstić information content (AvgIpc) is 3.08. The monoisotopic (exact) mass is 327 g/mol. The van der Waals surface area contributed by atoms with Gasteiger partial charge in [-0.15, -0.1) is 0 Å². The molecule has 24 heavy (non-hydrogen) atoms. The Morgan fingerprint density at radius 1 is 1.29 bits per heavy atom. The minimum atomic E-state index is -1.04. The van der Waals surface area contributed by atoms with Crippen molar-refractivity contribution in [3.63, 3.8) is 0 Å². The largest absolute Gasteiger partial charge is 0.491 e. The Bertz CT molecular complexity index is 893. The second kappa shape index (κ2) is 6.72. The first-order valence-electron chi connectivity index (χ1n) is 7.74. The van der Waals surface area contributed by atoms with Gasteiger partial charge in [0.1, 0.15) is 30.1 Å². The number of ether oxygens (including phenoxy) is 1. The molecule has 0 aliphatic carbocycles. The second-order valence-electron chi connectivity index (χ2n) is 5.66. The van der Waals surface area contributed by atoms with E-state index in [-0.39, 0.29) is 18.7 Å². The predicted octanol–water partition coefficient (Wildman–Crippen LogP) is 0.268. The van der Waals surface area contributed by atoms with Crippen molar-refractivity contribution >= 4 is 0 Å². The maximum atomic E-state index is 12.4. The zero-order valence-electron chi connectivity index (χ0n) is 13.0. The van der Waals surface area contributed by atoms with Crippen molar-refractivity contribution in [2.75, 3.05) is 6.61 Å². The summed E-state index contributed by atoms with van der Waals surface area (Å²) in [6.07, 6.45) is 0.239. The number of aromatic nitrogens is 2. The average molecular weight is 327 g/mol. The van der Waals surface area contributed by atoms with E-state index in [4.69, 9.17) is 4.74 Å². The number of para-hydroxylation sites is 1. The molecule has 1 aromatic carbocycles. The van der Waals surface area contributed by atoms with Crippen LogP contribution in [0.3, 0.4) is 0 Å². The lowest BCUT2D eigenvalue weighted by Crippen LogP contribution is -2.44. The zero-order valence-corrected chi connectivity index (χ0v) is 13.0. The zero-order chi connectivity index (χ0) is 17.1. The van der Waals surface area contributed by atoms with E-state index in [0.717, 1.165) is 11.0 Å². The Kier molecular flexibility index (Phi) is 4.49. The minimum absolute atomic E-state index is 0.0109. The lowest BCUT2D eigenvalue weighted by atomic mass is 10.2. The summed E-state index contributed by atoms with van der Waals surface area (Å²) >= 11 is 0. The Hall–Kier alpha value is -2.85. The normalized spacial score (nSPS) is 14.0. The van der Waals surface area contributed by atoms with Crippen LogP contribution >= 0.6 is 0 Å². The fourth-order valence-electron chi connectivity index (χ4n) is 2.88. The summed E-state index contributed by atoms with van der Waals surface area (Å²) in [7, 11) is 0. The third kappa shape index (κ3) is 2.96. The molecule has 0 amide bonds. The van der Waals surface area contributed by atoms with E-state index in [1.807, 2.05) is 12.1 Å². The van der Waals surface area contributed by atoms with Crippen LogP contribution in [0.2, 0.25) is 0 Å². The van der Waals surface area contributed by atoms with Crippen LogP contribution in [0.1, 0.15) is 17.7 Å². The van der Waals surface area contributed by atoms with Gasteiger partial charge in [-0.25, -0.2) is 4.79 Å². The summed E-state index contributed by atoms with van der Waals surface area (Å²) in [4.78, 5) is 24.8. The molecule has 0 spiro atoms. The molecule has 1 aliphatic heterocycles. The third-order valence-corrected chi connectivity index (χ3v) is 4.02. The molecule has 1 aliphatic rings. The molecule has 2 aromatic rings. The second-order valence-corrected chi connectivity index (χ2v) is 5.66. The fourth-order valence-corrected chi connectivity index (χ4v) is 2.88. The van der Waals surface area contributed by atoms with Crippen molar-refractivity contribution in [1.82, 2.24) is 9.13 Å². The Morgan fingerprint density at radius 2 is 2.04 bits per heavy atom. The quantitative estimate of drug-likeness (QED) is 0.850. The summed E-state index contributed by atoms with van der Waals surface area (Å²) in [6.45, 7) is 0.221. The molecule has 0 bridgehead atoms. The summed E-state index contributed by atoms with van der Waals surface area (Å²) in [6, 6.07) is 10.8. The maximum absolute atomic E-state index is 12.4. The van der Waals surface area contributed by atoms with Gasteiger partial charge in [-0.1, -0.05) is 18.2 Å². The molecule has 7 nitrogen and oxygen atoms in total. The van der Waals surface area contributed by atoms with Crippen LogP contribution in [0, 0.1) is 11.3 Å². The molecule has 1 atom stereocenters. The molecule has 0 saturated heterocycles. The lowest BCUT2D eigenvalue weighted by molar-refractivity contribution is 0.0899. The van der Waals surface area contributed by atoms with Gasteiger partial charge in [0, 0.05) is 12.2 Å². The molecular weight excluding hydrogens is 310 g/mol. The van der Waals surface area contributed by atoms with Crippen LogP contribution in [0.25, 0.3) is 0 Å². The minimum Gasteiger partial charge on any atom is -0.491 e. The molecule has 1 aromatic heterocycles. The first-order valence-corrected chi connectivity index (χ1v) is 7.74. The van der Waals surface area contributed by atoms with E-state index in [1.54, 1.807) is 24.3 Å². The van der Waals surface area contributed by atoms with Gasteiger partial charge in [0.2, 0.25) is 0 Å². The molecule has 1 N–H and O–H groups in total. The van der Waals surface area contributed by atoms with E-state index in [1.165, 1.54) is 4.57 Å². The van der Waals surface area contributed by atoms with Crippen molar-refractivity contribution in [2.45, 2.75) is 32.0 Å². The van der Waals surface area contributed by atoms with E-state index in [9.17, 15) is 20.0 Å². The van der Waals surface area contributed by atoms with Gasteiger partial charge < -0.3 is 9.84 Å². The molecule has 2 heterocycles. The number of aliphatic hydroxyl groups is 1. The highest BCUT2D eigenvalue weighted by atomic mass is 16.5. The van der Waals surface area contributed by atoms with Crippen molar-refractivity contribution in [3.8, 4) is 11.8 Å². The number of hydrogen-bond donors (Lipinski definition) is 1. The summed E-state index contributed by atoms with van der Waals surface area (Å²) < 4.78 is 7.80. The van der Waals surface area contributed by atoms with Gasteiger partial charge in [0.25, 0.3) is 5.56 Å². The molecule has 0 saturated carbocycles. The Morgan fingerprint density at radius 3 is 2.75 bits per heavy atom. The third-order valence-electron chi connectivity index (χ3n) is 4.02. The van der Waals surface area contributed by atoms with Crippen LogP contribution < -0.4 is 16.0 Å². The van der Waals surface area contributed by atoms with Crippen LogP contribution in [0.5, 0.6) is 5.75 Å². The molecule has 0 radical (unpaired) electrons. The number of nitriles is 1. The summed E-state index contributed by atoms with van der Waals surface area (Å²) in [5, 5.41) is 19.3. The van der Waals surface area contributed by atoms with Gasteiger partial charge in [0.15, 0.2) is 0 Å².